The molecule has 0 aromatic carbocycles. The molecule has 0 bridgehead atoms. The van der Waals surface area contributed by atoms with Crippen LogP contribution in [0.3, 0.4) is 0 Å². The standard InChI is InChI=1S/C20H42N4O2.HI/c1-21-20(23-14-16-24(2)15-10-17-25-3)22-13-8-5-9-18-26-19-11-6-4-7-12-19;/h19H,4-18H2,1-3H3,(H2,21,22,23);1H. The van der Waals surface area contributed by atoms with Crippen molar-refractivity contribution < 1.29 is 9.47 Å². The molecule has 0 heterocycles. The second kappa shape index (κ2) is 19.2. The lowest BCUT2D eigenvalue weighted by molar-refractivity contribution is 0.0264. The molecule has 1 fully saturated rings. The highest BCUT2D eigenvalue weighted by Gasteiger charge is 2.12. The van der Waals surface area contributed by atoms with E-state index < -0.39 is 0 Å². The number of hydrogen-bond donors (Lipinski definition) is 2. The van der Waals surface area contributed by atoms with Crippen molar-refractivity contribution in [2.75, 3.05) is 60.6 Å². The van der Waals surface area contributed by atoms with Crippen LogP contribution in [0.4, 0.5) is 0 Å². The Morgan fingerprint density at radius 1 is 0.963 bits per heavy atom. The number of ether oxygens (including phenoxy) is 2. The Labute approximate surface area is 184 Å². The zero-order chi connectivity index (χ0) is 18.9. The minimum atomic E-state index is 0. The molecule has 0 atom stereocenters. The van der Waals surface area contributed by atoms with Gasteiger partial charge in [0.15, 0.2) is 5.96 Å². The summed E-state index contributed by atoms with van der Waals surface area (Å²) in [4.78, 5) is 6.60. The van der Waals surface area contributed by atoms with E-state index in [4.69, 9.17) is 9.47 Å². The third-order valence-corrected chi connectivity index (χ3v) is 4.92. The molecule has 0 aliphatic heterocycles. The number of likely N-dealkylation sites (N-methyl/N-ethyl adjacent to an activating group) is 1. The van der Waals surface area contributed by atoms with Crippen molar-refractivity contribution in [3.63, 3.8) is 0 Å². The van der Waals surface area contributed by atoms with Gasteiger partial charge in [0.25, 0.3) is 0 Å². The average molecular weight is 498 g/mol. The van der Waals surface area contributed by atoms with E-state index in [9.17, 15) is 0 Å². The van der Waals surface area contributed by atoms with Crippen LogP contribution in [-0.2, 0) is 9.47 Å². The Morgan fingerprint density at radius 3 is 2.41 bits per heavy atom. The number of nitrogens with one attached hydrogen (secondary N) is 2. The predicted octanol–water partition coefficient (Wildman–Crippen LogP) is 3.26. The average Bonchev–Trinajstić information content (AvgIpc) is 2.66. The molecule has 0 aromatic heterocycles. The van der Waals surface area contributed by atoms with Gasteiger partial charge in [-0.3, -0.25) is 4.99 Å². The quantitative estimate of drug-likeness (QED) is 0.167. The van der Waals surface area contributed by atoms with Gasteiger partial charge < -0.3 is 25.0 Å². The summed E-state index contributed by atoms with van der Waals surface area (Å²) in [5, 5.41) is 6.77. The van der Waals surface area contributed by atoms with Crippen molar-refractivity contribution in [3.05, 3.63) is 0 Å². The third-order valence-electron chi connectivity index (χ3n) is 4.92. The summed E-state index contributed by atoms with van der Waals surface area (Å²) >= 11 is 0. The largest absolute Gasteiger partial charge is 0.385 e. The van der Waals surface area contributed by atoms with Gasteiger partial charge in [-0.15, -0.1) is 24.0 Å². The molecule has 0 aromatic rings. The zero-order valence-corrected chi connectivity index (χ0v) is 20.1. The summed E-state index contributed by atoms with van der Waals surface area (Å²) in [6.07, 6.45) is 11.8. The summed E-state index contributed by atoms with van der Waals surface area (Å²) < 4.78 is 11.1. The Balaban J connectivity index is 0.00000676. The Bertz CT molecular complexity index is 353. The van der Waals surface area contributed by atoms with Crippen LogP contribution >= 0.6 is 24.0 Å². The molecule has 0 spiro atoms. The maximum Gasteiger partial charge on any atom is 0.191 e. The maximum absolute atomic E-state index is 5.97. The second-order valence-electron chi connectivity index (χ2n) is 7.27. The molecule has 1 aliphatic carbocycles. The van der Waals surface area contributed by atoms with Crippen LogP contribution in [0.1, 0.15) is 57.8 Å². The number of nitrogens with zero attached hydrogens (tertiary/aromatic N) is 2. The molecule has 7 heteroatoms. The summed E-state index contributed by atoms with van der Waals surface area (Å²) in [5.41, 5.74) is 0. The molecule has 0 unspecified atom stereocenters. The van der Waals surface area contributed by atoms with E-state index in [1.165, 1.54) is 38.5 Å². The van der Waals surface area contributed by atoms with Gasteiger partial charge >= 0.3 is 0 Å². The number of unbranched alkanes of at least 4 members (excludes halogenated alkanes) is 2. The van der Waals surface area contributed by atoms with Gasteiger partial charge in [-0.25, -0.2) is 0 Å². The SMILES string of the molecule is CN=C(NCCCCCOC1CCCCC1)NCCN(C)CCCOC.I. The minimum Gasteiger partial charge on any atom is -0.385 e. The van der Waals surface area contributed by atoms with Crippen molar-refractivity contribution in [2.24, 2.45) is 4.99 Å². The van der Waals surface area contributed by atoms with Gasteiger partial charge in [-0.1, -0.05) is 19.3 Å². The molecule has 1 aliphatic rings. The first-order valence-electron chi connectivity index (χ1n) is 10.5. The van der Waals surface area contributed by atoms with E-state index in [0.717, 1.165) is 64.6 Å². The first kappa shape index (κ1) is 26.9. The van der Waals surface area contributed by atoms with Gasteiger partial charge in [0, 0.05) is 53.6 Å². The lowest BCUT2D eigenvalue weighted by atomic mass is 9.98. The van der Waals surface area contributed by atoms with Gasteiger partial charge in [0.1, 0.15) is 0 Å². The zero-order valence-electron chi connectivity index (χ0n) is 17.8. The molecular weight excluding hydrogens is 455 g/mol. The van der Waals surface area contributed by atoms with Crippen LogP contribution in [0.15, 0.2) is 4.99 Å². The van der Waals surface area contributed by atoms with Crippen LogP contribution in [0, 0.1) is 0 Å². The topological polar surface area (TPSA) is 58.1 Å². The molecule has 27 heavy (non-hydrogen) atoms. The van der Waals surface area contributed by atoms with Crippen LogP contribution < -0.4 is 10.6 Å². The fraction of sp³-hybridized carbons (Fsp3) is 0.950. The molecule has 6 nitrogen and oxygen atoms in total. The monoisotopic (exact) mass is 498 g/mol. The second-order valence-corrected chi connectivity index (χ2v) is 7.27. The first-order valence-corrected chi connectivity index (χ1v) is 10.5. The molecule has 0 amide bonds. The minimum absolute atomic E-state index is 0. The lowest BCUT2D eigenvalue weighted by Crippen LogP contribution is -2.41. The van der Waals surface area contributed by atoms with E-state index in [1.807, 2.05) is 7.05 Å². The van der Waals surface area contributed by atoms with Gasteiger partial charge in [0.2, 0.25) is 0 Å². The number of hydrogen-bond acceptors (Lipinski definition) is 4. The summed E-state index contributed by atoms with van der Waals surface area (Å²) in [5.74, 6) is 0.897. The molecule has 2 N–H and O–H groups in total. The Hall–Kier alpha value is -0.120. The van der Waals surface area contributed by atoms with E-state index in [1.54, 1.807) is 7.11 Å². The highest BCUT2D eigenvalue weighted by Crippen LogP contribution is 2.20. The van der Waals surface area contributed by atoms with E-state index >= 15 is 0 Å². The van der Waals surface area contributed by atoms with Crippen molar-refractivity contribution in [3.8, 4) is 0 Å². The Kier molecular flexibility index (Phi) is 19.1. The predicted molar refractivity (Wildman–Crippen MR) is 125 cm³/mol. The Morgan fingerprint density at radius 2 is 1.70 bits per heavy atom. The number of methoxy groups -OCH3 is 1. The van der Waals surface area contributed by atoms with E-state index in [2.05, 4.69) is 27.6 Å². The van der Waals surface area contributed by atoms with Crippen LogP contribution in [0.5, 0.6) is 0 Å². The summed E-state index contributed by atoms with van der Waals surface area (Å²) in [6, 6.07) is 0. The fourth-order valence-electron chi connectivity index (χ4n) is 3.27. The summed E-state index contributed by atoms with van der Waals surface area (Å²) in [7, 11) is 5.72. The lowest BCUT2D eigenvalue weighted by Gasteiger charge is -2.21. The summed E-state index contributed by atoms with van der Waals surface area (Å²) in [6.45, 7) is 5.68. The van der Waals surface area contributed by atoms with Crippen molar-refractivity contribution >= 4 is 29.9 Å². The molecule has 1 rings (SSSR count). The number of aliphatic imine (C=N–C) groups is 1. The number of rotatable bonds is 14. The molecule has 0 saturated heterocycles. The van der Waals surface area contributed by atoms with Gasteiger partial charge in [-0.2, -0.15) is 0 Å². The van der Waals surface area contributed by atoms with Gasteiger partial charge in [-0.05, 0) is 45.6 Å². The third kappa shape index (κ3) is 15.5. The van der Waals surface area contributed by atoms with Crippen molar-refractivity contribution in [2.45, 2.75) is 63.9 Å². The highest BCUT2D eigenvalue weighted by molar-refractivity contribution is 14.0. The molecule has 0 radical (unpaired) electrons. The van der Waals surface area contributed by atoms with Crippen molar-refractivity contribution in [1.29, 1.82) is 0 Å². The van der Waals surface area contributed by atoms with Crippen LogP contribution in [-0.4, -0.2) is 77.6 Å². The smallest absolute Gasteiger partial charge is 0.191 e. The fourth-order valence-corrected chi connectivity index (χ4v) is 3.27. The maximum atomic E-state index is 5.97. The van der Waals surface area contributed by atoms with E-state index in [-0.39, 0.29) is 24.0 Å². The number of guanidine groups is 1. The van der Waals surface area contributed by atoms with Crippen LogP contribution in [0.2, 0.25) is 0 Å². The first-order chi connectivity index (χ1) is 12.8. The molecular formula is C20H43IN4O2. The number of halogens is 1. The molecule has 162 valence electrons. The van der Waals surface area contributed by atoms with E-state index in [0.29, 0.717) is 6.10 Å². The molecule has 1 saturated carbocycles. The van der Waals surface area contributed by atoms with Gasteiger partial charge in [0.05, 0.1) is 6.10 Å². The van der Waals surface area contributed by atoms with Crippen molar-refractivity contribution in [1.82, 2.24) is 15.5 Å². The highest BCUT2D eigenvalue weighted by atomic mass is 127. The normalized spacial score (nSPS) is 15.6. The van der Waals surface area contributed by atoms with Crippen LogP contribution in [0.25, 0.3) is 0 Å².